The number of nitrogens with one attached hydrogen (secondary N) is 2. The van der Waals surface area contributed by atoms with Crippen LogP contribution in [0.1, 0.15) is 23.5 Å². The Morgan fingerprint density at radius 3 is 3.00 bits per heavy atom. The molecule has 0 heterocycles. The molecule has 2 rings (SSSR count). The number of hydrogen-bond donors (Lipinski definition) is 2. The van der Waals surface area contributed by atoms with Crippen LogP contribution >= 0.6 is 0 Å². The van der Waals surface area contributed by atoms with Crippen molar-refractivity contribution in [1.82, 2.24) is 10.6 Å². The minimum absolute atomic E-state index is 0.626. The summed E-state index contributed by atoms with van der Waals surface area (Å²) in [5.41, 5.74) is 3.01. The summed E-state index contributed by atoms with van der Waals surface area (Å²) >= 11 is 0. The highest BCUT2D eigenvalue weighted by atomic mass is 15.1. The van der Waals surface area contributed by atoms with Gasteiger partial charge < -0.3 is 10.6 Å². The lowest BCUT2D eigenvalue weighted by Gasteiger charge is -2.14. The van der Waals surface area contributed by atoms with Gasteiger partial charge in [0.15, 0.2) is 5.96 Å². The summed E-state index contributed by atoms with van der Waals surface area (Å²) in [4.78, 5) is 4.12. The Bertz CT molecular complexity index is 385. The van der Waals surface area contributed by atoms with Gasteiger partial charge in [-0.15, -0.1) is 0 Å². The molecule has 0 spiro atoms. The van der Waals surface area contributed by atoms with Gasteiger partial charge in [-0.2, -0.15) is 0 Å². The zero-order valence-electron chi connectivity index (χ0n) is 9.96. The predicted octanol–water partition coefficient (Wildman–Crippen LogP) is 1.51. The van der Waals surface area contributed by atoms with E-state index in [9.17, 15) is 0 Å². The minimum Gasteiger partial charge on any atom is -0.359 e. The zero-order chi connectivity index (χ0) is 11.4. The van der Waals surface area contributed by atoms with E-state index in [1.165, 1.54) is 24.0 Å². The Hall–Kier alpha value is -1.51. The Morgan fingerprint density at radius 2 is 2.25 bits per heavy atom. The summed E-state index contributed by atoms with van der Waals surface area (Å²) in [5, 5.41) is 6.38. The van der Waals surface area contributed by atoms with Crippen LogP contribution in [0.3, 0.4) is 0 Å². The molecule has 3 heteroatoms. The third-order valence-corrected chi connectivity index (χ3v) is 3.23. The molecular weight excluding hydrogens is 198 g/mol. The predicted molar refractivity (Wildman–Crippen MR) is 67.9 cm³/mol. The average molecular weight is 217 g/mol. The largest absolute Gasteiger partial charge is 0.359 e. The van der Waals surface area contributed by atoms with Crippen molar-refractivity contribution >= 4 is 5.96 Å². The third-order valence-electron chi connectivity index (χ3n) is 3.23. The van der Waals surface area contributed by atoms with Gasteiger partial charge in [0.1, 0.15) is 0 Å². The number of hydrogen-bond acceptors (Lipinski definition) is 1. The van der Waals surface area contributed by atoms with Crippen molar-refractivity contribution in [3.63, 3.8) is 0 Å². The monoisotopic (exact) mass is 217 g/mol. The first-order chi connectivity index (χ1) is 7.85. The van der Waals surface area contributed by atoms with Crippen LogP contribution in [0, 0.1) is 0 Å². The molecule has 0 saturated heterocycles. The van der Waals surface area contributed by atoms with E-state index in [1.807, 2.05) is 7.05 Å². The highest BCUT2D eigenvalue weighted by Gasteiger charge is 2.21. The molecule has 1 aliphatic rings. The van der Waals surface area contributed by atoms with Crippen LogP contribution in [0.2, 0.25) is 0 Å². The molecule has 86 valence electrons. The van der Waals surface area contributed by atoms with Crippen LogP contribution in [0.15, 0.2) is 29.3 Å². The number of benzene rings is 1. The van der Waals surface area contributed by atoms with Crippen molar-refractivity contribution in [3.05, 3.63) is 35.4 Å². The summed E-state index contributed by atoms with van der Waals surface area (Å²) in [6.45, 7) is 0.963. The third kappa shape index (κ3) is 2.18. The van der Waals surface area contributed by atoms with Crippen molar-refractivity contribution in [2.24, 2.45) is 4.99 Å². The van der Waals surface area contributed by atoms with E-state index >= 15 is 0 Å². The maximum absolute atomic E-state index is 4.12. The van der Waals surface area contributed by atoms with E-state index in [1.54, 1.807) is 7.05 Å². The van der Waals surface area contributed by atoms with Crippen molar-refractivity contribution in [1.29, 1.82) is 0 Å². The second-order valence-electron chi connectivity index (χ2n) is 4.14. The summed E-state index contributed by atoms with van der Waals surface area (Å²) in [6, 6.07) is 8.74. The maximum Gasteiger partial charge on any atom is 0.190 e. The molecule has 2 N–H and O–H groups in total. The molecule has 0 bridgehead atoms. The molecule has 1 aromatic rings. The van der Waals surface area contributed by atoms with Gasteiger partial charge in [-0.05, 0) is 24.0 Å². The van der Waals surface area contributed by atoms with Crippen molar-refractivity contribution in [2.75, 3.05) is 20.6 Å². The topological polar surface area (TPSA) is 36.4 Å². The van der Waals surface area contributed by atoms with Crippen LogP contribution in [0.25, 0.3) is 0 Å². The van der Waals surface area contributed by atoms with E-state index in [-0.39, 0.29) is 0 Å². The van der Waals surface area contributed by atoms with Crippen LogP contribution < -0.4 is 10.6 Å². The molecule has 0 fully saturated rings. The van der Waals surface area contributed by atoms with E-state index in [0.717, 1.165) is 12.5 Å². The Kier molecular flexibility index (Phi) is 3.44. The van der Waals surface area contributed by atoms with Crippen LogP contribution in [0.4, 0.5) is 0 Å². The fraction of sp³-hybridized carbons (Fsp3) is 0.462. The summed E-state index contributed by atoms with van der Waals surface area (Å²) in [5.74, 6) is 1.49. The SMILES string of the molecule is CN=C(NC)NC[C@@H]1CCc2ccccc21. The first kappa shape index (κ1) is 11.0. The highest BCUT2D eigenvalue weighted by molar-refractivity contribution is 5.79. The van der Waals surface area contributed by atoms with Crippen molar-refractivity contribution < 1.29 is 0 Å². The van der Waals surface area contributed by atoms with Crippen molar-refractivity contribution in [3.8, 4) is 0 Å². The van der Waals surface area contributed by atoms with E-state index in [4.69, 9.17) is 0 Å². The molecule has 3 nitrogen and oxygen atoms in total. The van der Waals surface area contributed by atoms with Crippen LogP contribution in [-0.4, -0.2) is 26.6 Å². The van der Waals surface area contributed by atoms with Gasteiger partial charge in [-0.25, -0.2) is 0 Å². The smallest absolute Gasteiger partial charge is 0.190 e. The Balaban J connectivity index is 1.98. The van der Waals surface area contributed by atoms with Gasteiger partial charge in [-0.3, -0.25) is 4.99 Å². The van der Waals surface area contributed by atoms with Gasteiger partial charge in [0.25, 0.3) is 0 Å². The molecule has 1 aliphatic carbocycles. The van der Waals surface area contributed by atoms with E-state index < -0.39 is 0 Å². The van der Waals surface area contributed by atoms with Crippen LogP contribution in [0.5, 0.6) is 0 Å². The summed E-state index contributed by atoms with van der Waals surface area (Å²) in [7, 11) is 3.68. The summed E-state index contributed by atoms with van der Waals surface area (Å²) in [6.07, 6.45) is 2.45. The average Bonchev–Trinajstić information content (AvgIpc) is 2.74. The van der Waals surface area contributed by atoms with Crippen LogP contribution in [-0.2, 0) is 6.42 Å². The Labute approximate surface area is 97.0 Å². The fourth-order valence-electron chi connectivity index (χ4n) is 2.36. The molecular formula is C13H19N3. The number of aryl methyl sites for hydroxylation is 1. The number of aliphatic imine (C=N–C) groups is 1. The number of fused-ring (bicyclic) bond motifs is 1. The standard InChI is InChI=1S/C13H19N3/c1-14-13(15-2)16-9-11-8-7-10-5-3-4-6-12(10)11/h3-6,11H,7-9H2,1-2H3,(H2,14,15,16)/t11-/m0/s1. The molecule has 0 aromatic heterocycles. The first-order valence-electron chi connectivity index (χ1n) is 5.81. The Morgan fingerprint density at radius 1 is 1.44 bits per heavy atom. The molecule has 0 saturated carbocycles. The maximum atomic E-state index is 4.12. The molecule has 0 unspecified atom stereocenters. The second kappa shape index (κ2) is 5.01. The minimum atomic E-state index is 0.626. The zero-order valence-corrected chi connectivity index (χ0v) is 9.96. The van der Waals surface area contributed by atoms with Gasteiger partial charge in [0, 0.05) is 26.6 Å². The molecule has 1 aromatic carbocycles. The lowest BCUT2D eigenvalue weighted by atomic mass is 10.0. The van der Waals surface area contributed by atoms with Crippen molar-refractivity contribution in [2.45, 2.75) is 18.8 Å². The molecule has 0 aliphatic heterocycles. The molecule has 0 amide bonds. The van der Waals surface area contributed by atoms with Gasteiger partial charge in [0.2, 0.25) is 0 Å². The quantitative estimate of drug-likeness (QED) is 0.582. The fourth-order valence-corrected chi connectivity index (χ4v) is 2.36. The molecule has 16 heavy (non-hydrogen) atoms. The first-order valence-corrected chi connectivity index (χ1v) is 5.81. The normalized spacial score (nSPS) is 19.4. The number of nitrogens with zero attached hydrogens (tertiary/aromatic N) is 1. The second-order valence-corrected chi connectivity index (χ2v) is 4.14. The van der Waals surface area contributed by atoms with E-state index in [0.29, 0.717) is 5.92 Å². The van der Waals surface area contributed by atoms with Gasteiger partial charge >= 0.3 is 0 Å². The molecule has 0 radical (unpaired) electrons. The number of guanidine groups is 1. The van der Waals surface area contributed by atoms with E-state index in [2.05, 4.69) is 39.9 Å². The lowest BCUT2D eigenvalue weighted by Crippen LogP contribution is -2.36. The van der Waals surface area contributed by atoms with Gasteiger partial charge in [0.05, 0.1) is 0 Å². The number of rotatable bonds is 2. The van der Waals surface area contributed by atoms with Gasteiger partial charge in [-0.1, -0.05) is 24.3 Å². The summed E-state index contributed by atoms with van der Waals surface area (Å²) < 4.78 is 0. The molecule has 1 atom stereocenters. The highest BCUT2D eigenvalue weighted by Crippen LogP contribution is 2.31. The lowest BCUT2D eigenvalue weighted by molar-refractivity contribution is 0.646.